The summed E-state index contributed by atoms with van der Waals surface area (Å²) in [5.74, 6) is 2.69. The quantitative estimate of drug-likeness (QED) is 0.643. The van der Waals surface area contributed by atoms with Crippen molar-refractivity contribution in [2.75, 3.05) is 40.8 Å². The van der Waals surface area contributed by atoms with Gasteiger partial charge in [-0.15, -0.1) is 0 Å². The van der Waals surface area contributed by atoms with Crippen LogP contribution >= 0.6 is 0 Å². The van der Waals surface area contributed by atoms with Gasteiger partial charge in [-0.3, -0.25) is 4.99 Å². The summed E-state index contributed by atoms with van der Waals surface area (Å²) in [7, 11) is 6.30. The first-order valence-electron chi connectivity index (χ1n) is 9.33. The van der Waals surface area contributed by atoms with Gasteiger partial charge in [0.15, 0.2) is 5.96 Å². The maximum atomic E-state index is 4.54. The number of benzene rings is 1. The summed E-state index contributed by atoms with van der Waals surface area (Å²) in [4.78, 5) is 9.33. The third kappa shape index (κ3) is 4.50. The van der Waals surface area contributed by atoms with Gasteiger partial charge < -0.3 is 15.1 Å². The Hall–Kier alpha value is -1.55. The Morgan fingerprint density at radius 2 is 2.00 bits per heavy atom. The van der Waals surface area contributed by atoms with Crippen LogP contribution in [0.5, 0.6) is 0 Å². The molecule has 0 aromatic heterocycles. The van der Waals surface area contributed by atoms with Crippen molar-refractivity contribution >= 4 is 5.96 Å². The van der Waals surface area contributed by atoms with Crippen molar-refractivity contribution in [3.8, 4) is 0 Å². The predicted molar refractivity (Wildman–Crippen MR) is 101 cm³/mol. The molecule has 1 heterocycles. The smallest absolute Gasteiger partial charge is 0.193 e. The molecule has 4 nitrogen and oxygen atoms in total. The van der Waals surface area contributed by atoms with E-state index >= 15 is 0 Å². The highest BCUT2D eigenvalue weighted by molar-refractivity contribution is 5.80. The summed E-state index contributed by atoms with van der Waals surface area (Å²) < 4.78 is 0. The maximum Gasteiger partial charge on any atom is 0.193 e. The molecule has 1 saturated heterocycles. The van der Waals surface area contributed by atoms with Gasteiger partial charge in [0.25, 0.3) is 0 Å². The van der Waals surface area contributed by atoms with Crippen molar-refractivity contribution in [2.45, 2.75) is 31.7 Å². The van der Waals surface area contributed by atoms with E-state index in [1.807, 2.05) is 7.05 Å². The number of nitrogens with zero attached hydrogens (tertiary/aromatic N) is 3. The molecule has 1 saturated carbocycles. The van der Waals surface area contributed by atoms with Crippen molar-refractivity contribution in [3.63, 3.8) is 0 Å². The number of hydrogen-bond donors (Lipinski definition) is 1. The molecule has 2 atom stereocenters. The first-order chi connectivity index (χ1) is 11.7. The average Bonchev–Trinajstić information content (AvgIpc) is 3.31. The minimum Gasteiger partial charge on any atom is -0.355 e. The highest BCUT2D eigenvalue weighted by atomic mass is 15.3. The molecule has 0 radical (unpaired) electrons. The molecule has 0 bridgehead atoms. The lowest BCUT2D eigenvalue weighted by molar-refractivity contribution is 0.262. The number of likely N-dealkylation sites (tertiary alicyclic amines) is 1. The molecule has 24 heavy (non-hydrogen) atoms. The second-order valence-electron chi connectivity index (χ2n) is 7.59. The molecule has 0 spiro atoms. The number of nitrogens with one attached hydrogen (secondary N) is 1. The molecular formula is C20H32N4. The predicted octanol–water partition coefficient (Wildman–Crippen LogP) is 2.47. The molecular weight excluding hydrogens is 296 g/mol. The van der Waals surface area contributed by atoms with E-state index in [2.05, 4.69) is 64.5 Å². The van der Waals surface area contributed by atoms with Gasteiger partial charge in [0.1, 0.15) is 0 Å². The van der Waals surface area contributed by atoms with E-state index in [-0.39, 0.29) is 0 Å². The van der Waals surface area contributed by atoms with E-state index in [9.17, 15) is 0 Å². The Morgan fingerprint density at radius 1 is 1.25 bits per heavy atom. The zero-order valence-electron chi connectivity index (χ0n) is 15.4. The summed E-state index contributed by atoms with van der Waals surface area (Å²) in [6.07, 6.45) is 5.20. The molecule has 1 aliphatic heterocycles. The van der Waals surface area contributed by atoms with Crippen LogP contribution in [-0.2, 0) is 6.42 Å². The van der Waals surface area contributed by atoms with E-state index < -0.39 is 0 Å². The molecule has 1 N–H and O–H groups in total. The fourth-order valence-corrected chi connectivity index (χ4v) is 3.92. The van der Waals surface area contributed by atoms with Gasteiger partial charge in [-0.25, -0.2) is 0 Å². The summed E-state index contributed by atoms with van der Waals surface area (Å²) in [5.41, 5.74) is 1.45. The minimum atomic E-state index is 0.629. The van der Waals surface area contributed by atoms with Crippen LogP contribution in [0.25, 0.3) is 0 Å². The van der Waals surface area contributed by atoms with E-state index in [1.54, 1.807) is 0 Å². The third-order valence-electron chi connectivity index (χ3n) is 5.46. The topological polar surface area (TPSA) is 30.9 Å². The van der Waals surface area contributed by atoms with Crippen molar-refractivity contribution in [3.05, 3.63) is 35.9 Å². The van der Waals surface area contributed by atoms with E-state index in [4.69, 9.17) is 0 Å². The Balaban J connectivity index is 1.49. The summed E-state index contributed by atoms with van der Waals surface area (Å²) in [6.45, 7) is 3.24. The third-order valence-corrected chi connectivity index (χ3v) is 5.46. The first kappa shape index (κ1) is 17.3. The second-order valence-corrected chi connectivity index (χ2v) is 7.59. The van der Waals surface area contributed by atoms with E-state index in [0.717, 1.165) is 37.4 Å². The lowest BCUT2D eigenvalue weighted by Crippen LogP contribution is -2.47. The van der Waals surface area contributed by atoms with Crippen molar-refractivity contribution in [1.82, 2.24) is 15.1 Å². The molecule has 1 aromatic rings. The van der Waals surface area contributed by atoms with Gasteiger partial charge in [0, 0.05) is 32.7 Å². The van der Waals surface area contributed by atoms with Crippen LogP contribution in [0.4, 0.5) is 0 Å². The van der Waals surface area contributed by atoms with Gasteiger partial charge in [-0.1, -0.05) is 30.3 Å². The molecule has 1 aromatic carbocycles. The number of aliphatic imine (C=N–C) groups is 1. The lowest BCUT2D eigenvalue weighted by atomic mass is 9.99. The van der Waals surface area contributed by atoms with Crippen LogP contribution in [0.15, 0.2) is 35.3 Å². The number of guanidine groups is 1. The fraction of sp³-hybridized carbons (Fsp3) is 0.650. The maximum absolute atomic E-state index is 4.54. The van der Waals surface area contributed by atoms with E-state index in [0.29, 0.717) is 6.04 Å². The molecule has 4 heteroatoms. The molecule has 2 fully saturated rings. The van der Waals surface area contributed by atoms with Crippen molar-refractivity contribution in [2.24, 2.45) is 16.8 Å². The van der Waals surface area contributed by atoms with Gasteiger partial charge in [0.2, 0.25) is 0 Å². The molecule has 132 valence electrons. The Bertz CT molecular complexity index is 534. The average molecular weight is 329 g/mol. The molecule has 0 amide bonds. The van der Waals surface area contributed by atoms with Crippen LogP contribution in [-0.4, -0.2) is 62.6 Å². The van der Waals surface area contributed by atoms with Crippen LogP contribution in [0.3, 0.4) is 0 Å². The van der Waals surface area contributed by atoms with Crippen LogP contribution < -0.4 is 5.32 Å². The Labute approximate surface area is 146 Å². The van der Waals surface area contributed by atoms with Gasteiger partial charge in [0.05, 0.1) is 0 Å². The standard InChI is InChI=1S/C20H32N4/c1-21-20(22-14-19(23(2)3)18-9-10-18)24-12-11-17(15-24)13-16-7-5-4-6-8-16/h4-8,17-19H,9-15H2,1-3H3,(H,21,22). The number of hydrogen-bond acceptors (Lipinski definition) is 2. The zero-order chi connectivity index (χ0) is 16.9. The number of rotatable bonds is 6. The van der Waals surface area contributed by atoms with Gasteiger partial charge >= 0.3 is 0 Å². The van der Waals surface area contributed by atoms with Crippen LogP contribution in [0, 0.1) is 11.8 Å². The lowest BCUT2D eigenvalue weighted by Gasteiger charge is -2.28. The largest absolute Gasteiger partial charge is 0.355 e. The summed E-state index contributed by atoms with van der Waals surface area (Å²) >= 11 is 0. The zero-order valence-corrected chi connectivity index (χ0v) is 15.4. The Morgan fingerprint density at radius 3 is 2.62 bits per heavy atom. The Kier molecular flexibility index (Phi) is 5.77. The molecule has 3 rings (SSSR count). The van der Waals surface area contributed by atoms with Crippen LogP contribution in [0.2, 0.25) is 0 Å². The highest BCUT2D eigenvalue weighted by Crippen LogP contribution is 2.34. The SMILES string of the molecule is CN=C(NCC(C1CC1)N(C)C)N1CCC(Cc2ccccc2)C1. The van der Waals surface area contributed by atoms with Gasteiger partial charge in [-0.2, -0.15) is 0 Å². The minimum absolute atomic E-state index is 0.629. The summed E-state index contributed by atoms with van der Waals surface area (Å²) in [6, 6.07) is 11.5. The monoisotopic (exact) mass is 328 g/mol. The van der Waals surface area contributed by atoms with Crippen LogP contribution in [0.1, 0.15) is 24.8 Å². The molecule has 2 aliphatic rings. The summed E-state index contributed by atoms with van der Waals surface area (Å²) in [5, 5.41) is 3.63. The fourth-order valence-electron chi connectivity index (χ4n) is 3.92. The molecule has 2 unspecified atom stereocenters. The van der Waals surface area contributed by atoms with Gasteiger partial charge in [-0.05, 0) is 57.2 Å². The number of likely N-dealkylation sites (N-methyl/N-ethyl adjacent to an activating group) is 1. The van der Waals surface area contributed by atoms with E-state index in [1.165, 1.54) is 31.2 Å². The van der Waals surface area contributed by atoms with Crippen molar-refractivity contribution in [1.29, 1.82) is 0 Å². The highest BCUT2D eigenvalue weighted by Gasteiger charge is 2.33. The first-order valence-corrected chi connectivity index (χ1v) is 9.33. The second kappa shape index (κ2) is 8.02. The normalized spacial score (nSPS) is 22.9. The van der Waals surface area contributed by atoms with Crippen molar-refractivity contribution < 1.29 is 0 Å². The molecule has 1 aliphatic carbocycles.